The van der Waals surface area contributed by atoms with Crippen molar-refractivity contribution in [2.24, 2.45) is 11.8 Å². The molecule has 0 aliphatic heterocycles. The van der Waals surface area contributed by atoms with Gasteiger partial charge in [-0.1, -0.05) is 109 Å². The van der Waals surface area contributed by atoms with Crippen molar-refractivity contribution in [2.75, 3.05) is 0 Å². The largest absolute Gasteiger partial charge is 0.453 e. The van der Waals surface area contributed by atoms with Gasteiger partial charge in [0.05, 0.1) is 49.8 Å². The number of carbonyl (C=O) groups is 1. The van der Waals surface area contributed by atoms with Gasteiger partial charge in [-0.3, -0.25) is 0 Å². The summed E-state index contributed by atoms with van der Waals surface area (Å²) in [6.45, 7) is 0.418. The fraction of sp³-hybridized carbons (Fsp3) is 0.342. The summed E-state index contributed by atoms with van der Waals surface area (Å²) in [4.78, 5) is 13.0. The minimum Gasteiger partial charge on any atom is -0.453 e. The minimum atomic E-state index is -1.68. The fourth-order valence-corrected chi connectivity index (χ4v) is 6.76. The highest BCUT2D eigenvalue weighted by Gasteiger charge is 2.63. The molecule has 4 N–H and O–H groups in total. The zero-order valence-electron chi connectivity index (χ0n) is 25.8. The van der Waals surface area contributed by atoms with Crippen molar-refractivity contribution >= 4 is 5.97 Å². The molecular weight excluding hydrogens is 600 g/mol. The maximum Gasteiger partial charge on any atom is 0.338 e. The first-order valence-corrected chi connectivity index (χ1v) is 15.9. The van der Waals surface area contributed by atoms with E-state index in [1.807, 2.05) is 91.0 Å². The molecule has 9 heteroatoms. The van der Waals surface area contributed by atoms with Gasteiger partial charge in [0, 0.05) is 11.8 Å². The molecule has 0 heterocycles. The van der Waals surface area contributed by atoms with Crippen LogP contribution in [0, 0.1) is 11.8 Å². The highest BCUT2D eigenvalue weighted by atomic mass is 16.6. The summed E-state index contributed by atoms with van der Waals surface area (Å²) < 4.78 is 25.0. The molecule has 10 atom stereocenters. The van der Waals surface area contributed by atoms with Gasteiger partial charge in [-0.15, -0.1) is 0 Å². The number of carbonyl (C=O) groups excluding carboxylic acids is 1. The first-order chi connectivity index (χ1) is 22.9. The zero-order chi connectivity index (χ0) is 32.8. The third-order valence-corrected chi connectivity index (χ3v) is 9.12. The molecule has 0 bridgehead atoms. The Hall–Kier alpha value is -3.93. The molecule has 0 saturated heterocycles. The number of hydrogen-bond donors (Lipinski definition) is 4. The third-order valence-electron chi connectivity index (χ3n) is 9.12. The van der Waals surface area contributed by atoms with Gasteiger partial charge in [0.1, 0.15) is 18.3 Å². The second-order valence-corrected chi connectivity index (χ2v) is 12.1. The first kappa shape index (κ1) is 33.0. The molecule has 0 radical (unpaired) electrons. The molecule has 0 aromatic heterocycles. The Bertz CT molecular complexity index is 1540. The van der Waals surface area contributed by atoms with E-state index in [9.17, 15) is 25.2 Å². The van der Waals surface area contributed by atoms with Gasteiger partial charge in [0.2, 0.25) is 0 Å². The van der Waals surface area contributed by atoms with Gasteiger partial charge in [-0.2, -0.15) is 0 Å². The van der Waals surface area contributed by atoms with Crippen LogP contribution in [0.2, 0.25) is 0 Å². The SMILES string of the molecule is O=C(O[C@H]1[C@@H](O)[C@@H]2[C@H](O)[C@H](OCc3ccccc3)[C@@H](OCc3ccccc3)[C@H](OCc3ccccc3)[C@H]2[C@H](O)[C@@H]1O)c1ccccc1. The Balaban J connectivity index is 1.34. The summed E-state index contributed by atoms with van der Waals surface area (Å²) in [5, 5.41) is 46.8. The molecule has 4 aromatic carbocycles. The summed E-state index contributed by atoms with van der Waals surface area (Å²) >= 11 is 0. The number of fused-ring (bicyclic) bond motifs is 1. The summed E-state index contributed by atoms with van der Waals surface area (Å²) in [6.07, 6.45) is -10.6. The molecule has 0 spiro atoms. The van der Waals surface area contributed by atoms with Crippen molar-refractivity contribution in [3.8, 4) is 0 Å². The number of benzene rings is 4. The van der Waals surface area contributed by atoms with E-state index < -0.39 is 66.6 Å². The first-order valence-electron chi connectivity index (χ1n) is 15.9. The van der Waals surface area contributed by atoms with Crippen molar-refractivity contribution in [1.29, 1.82) is 0 Å². The number of esters is 1. The van der Waals surface area contributed by atoms with Crippen molar-refractivity contribution < 1.29 is 44.2 Å². The van der Waals surface area contributed by atoms with Crippen LogP contribution in [-0.2, 0) is 38.8 Å². The molecule has 2 fully saturated rings. The van der Waals surface area contributed by atoms with Crippen LogP contribution in [0.1, 0.15) is 27.0 Å². The Kier molecular flexibility index (Phi) is 10.7. The molecule has 47 heavy (non-hydrogen) atoms. The van der Waals surface area contributed by atoms with Gasteiger partial charge in [0.25, 0.3) is 0 Å². The molecule has 2 aliphatic carbocycles. The number of ether oxygens (including phenoxy) is 4. The summed E-state index contributed by atoms with van der Waals surface area (Å²) in [7, 11) is 0. The Labute approximate surface area is 273 Å². The van der Waals surface area contributed by atoms with Gasteiger partial charge in [-0.05, 0) is 28.8 Å². The second kappa shape index (κ2) is 15.3. The predicted octanol–water partition coefficient (Wildman–Crippen LogP) is 3.67. The summed E-state index contributed by atoms with van der Waals surface area (Å²) in [6, 6.07) is 36.6. The predicted molar refractivity (Wildman–Crippen MR) is 172 cm³/mol. The number of rotatable bonds is 11. The van der Waals surface area contributed by atoms with Crippen LogP contribution < -0.4 is 0 Å². The molecule has 2 saturated carbocycles. The van der Waals surface area contributed by atoms with Gasteiger partial charge in [0.15, 0.2) is 6.10 Å². The highest BCUT2D eigenvalue weighted by molar-refractivity contribution is 5.89. The lowest BCUT2D eigenvalue weighted by molar-refractivity contribution is -0.294. The van der Waals surface area contributed by atoms with Crippen LogP contribution in [0.15, 0.2) is 121 Å². The average Bonchev–Trinajstić information content (AvgIpc) is 3.12. The lowest BCUT2D eigenvalue weighted by atomic mass is 9.61. The molecule has 2 aliphatic rings. The van der Waals surface area contributed by atoms with Gasteiger partial charge in [-0.25, -0.2) is 4.79 Å². The molecular formula is C38H40O9. The van der Waals surface area contributed by atoms with Crippen molar-refractivity contribution in [3.63, 3.8) is 0 Å². The quantitative estimate of drug-likeness (QED) is 0.181. The molecule has 4 aromatic rings. The van der Waals surface area contributed by atoms with Crippen molar-refractivity contribution in [3.05, 3.63) is 144 Å². The van der Waals surface area contributed by atoms with E-state index in [1.54, 1.807) is 30.3 Å². The van der Waals surface area contributed by atoms with Gasteiger partial charge < -0.3 is 39.4 Å². The lowest BCUT2D eigenvalue weighted by Gasteiger charge is -2.56. The lowest BCUT2D eigenvalue weighted by Crippen LogP contribution is -2.72. The number of aliphatic hydroxyl groups excluding tert-OH is 4. The Morgan fingerprint density at radius 2 is 0.851 bits per heavy atom. The molecule has 0 unspecified atom stereocenters. The van der Waals surface area contributed by atoms with Crippen molar-refractivity contribution in [2.45, 2.75) is 68.7 Å². The fourth-order valence-electron chi connectivity index (χ4n) is 6.76. The second-order valence-electron chi connectivity index (χ2n) is 12.1. The van der Waals surface area contributed by atoms with E-state index >= 15 is 0 Å². The Morgan fingerprint density at radius 1 is 0.447 bits per heavy atom. The van der Waals surface area contributed by atoms with Gasteiger partial charge >= 0.3 is 5.97 Å². The summed E-state index contributed by atoms with van der Waals surface area (Å²) in [5.74, 6) is -2.90. The minimum absolute atomic E-state index is 0.129. The Morgan fingerprint density at radius 3 is 1.34 bits per heavy atom. The summed E-state index contributed by atoms with van der Waals surface area (Å²) in [5.41, 5.74) is 2.82. The molecule has 0 amide bonds. The monoisotopic (exact) mass is 640 g/mol. The van der Waals surface area contributed by atoms with Crippen molar-refractivity contribution in [1.82, 2.24) is 0 Å². The molecule has 9 nitrogen and oxygen atoms in total. The molecule has 6 rings (SSSR count). The third kappa shape index (κ3) is 7.47. The standard InChI is InChI=1S/C38H40O9/c39-30-29-28(31(40)35(33(30)42)47-38(43)27-19-11-4-12-20-27)32(41)36(45-22-25-15-7-2-8-16-25)37(46-23-26-17-9-3-10-18-26)34(29)44-21-24-13-5-1-6-14-24/h1-20,28-37,39-42H,21-23H2/t28-,29-,30+,31+,32+,33+,34-,35+,36+,37+/m1/s1. The van der Waals surface area contributed by atoms with Crippen LogP contribution in [0.3, 0.4) is 0 Å². The van der Waals surface area contributed by atoms with Crippen LogP contribution in [-0.4, -0.2) is 75.2 Å². The normalized spacial score (nSPS) is 30.3. The maximum absolute atomic E-state index is 13.0. The number of aliphatic hydroxyl groups is 4. The van der Waals surface area contributed by atoms with E-state index in [1.165, 1.54) is 0 Å². The van der Waals surface area contributed by atoms with Crippen LogP contribution in [0.5, 0.6) is 0 Å². The topological polar surface area (TPSA) is 135 Å². The van der Waals surface area contributed by atoms with E-state index in [0.717, 1.165) is 16.7 Å². The smallest absolute Gasteiger partial charge is 0.338 e. The maximum atomic E-state index is 13.0. The van der Waals surface area contributed by atoms with E-state index in [0.29, 0.717) is 0 Å². The van der Waals surface area contributed by atoms with E-state index in [-0.39, 0.29) is 25.4 Å². The highest BCUT2D eigenvalue weighted by Crippen LogP contribution is 2.46. The molecule has 246 valence electrons. The average molecular weight is 641 g/mol. The van der Waals surface area contributed by atoms with Crippen LogP contribution in [0.25, 0.3) is 0 Å². The van der Waals surface area contributed by atoms with Crippen LogP contribution >= 0.6 is 0 Å². The number of hydrogen-bond acceptors (Lipinski definition) is 9. The van der Waals surface area contributed by atoms with Crippen LogP contribution in [0.4, 0.5) is 0 Å². The zero-order valence-corrected chi connectivity index (χ0v) is 25.8. The van der Waals surface area contributed by atoms with E-state index in [4.69, 9.17) is 18.9 Å². The van der Waals surface area contributed by atoms with E-state index in [2.05, 4.69) is 0 Å².